The molecule has 1 aliphatic heterocycles. The SMILES string of the molecule is CC1=CCC/C1=C\C1=C2SC(c3ccccc3)=CC(c3ccccc3)=C2CC(C)C1. The summed E-state index contributed by atoms with van der Waals surface area (Å²) < 4.78 is 0. The second kappa shape index (κ2) is 8.32. The van der Waals surface area contributed by atoms with Crippen molar-refractivity contribution in [3.05, 3.63) is 117 Å². The Morgan fingerprint density at radius 3 is 2.27 bits per heavy atom. The smallest absolute Gasteiger partial charge is 0.0201 e. The second-order valence-corrected chi connectivity index (χ2v) is 9.75. The lowest BCUT2D eigenvalue weighted by Crippen LogP contribution is -2.12. The standard InChI is InChI=1S/C29H28S/c1-20-16-25(18-24-15-9-10-21(24)2)29-27(17-20)26(22-11-5-3-6-12-22)19-28(30-29)23-13-7-4-8-14-23/h3-8,10-14,18-20H,9,15-17H2,1-2H3/b24-18+. The second-order valence-electron chi connectivity index (χ2n) is 8.70. The Balaban J connectivity index is 1.71. The topological polar surface area (TPSA) is 0 Å². The monoisotopic (exact) mass is 408 g/mol. The van der Waals surface area contributed by atoms with Crippen molar-refractivity contribution in [1.82, 2.24) is 0 Å². The van der Waals surface area contributed by atoms with Gasteiger partial charge >= 0.3 is 0 Å². The van der Waals surface area contributed by atoms with Gasteiger partial charge in [0, 0.05) is 9.81 Å². The first-order chi connectivity index (χ1) is 14.7. The van der Waals surface area contributed by atoms with Gasteiger partial charge in [0.25, 0.3) is 0 Å². The van der Waals surface area contributed by atoms with Crippen LogP contribution in [0.2, 0.25) is 0 Å². The van der Waals surface area contributed by atoms with Crippen molar-refractivity contribution in [3.63, 3.8) is 0 Å². The van der Waals surface area contributed by atoms with Gasteiger partial charge in [0.1, 0.15) is 0 Å². The van der Waals surface area contributed by atoms with E-state index in [2.05, 4.69) is 92.7 Å². The average Bonchev–Trinajstić information content (AvgIpc) is 3.18. The fraction of sp³-hybridized carbons (Fsp3) is 0.241. The third-order valence-corrected chi connectivity index (χ3v) is 7.65. The van der Waals surface area contributed by atoms with Crippen LogP contribution in [-0.4, -0.2) is 0 Å². The minimum absolute atomic E-state index is 0.673. The third kappa shape index (κ3) is 3.79. The van der Waals surface area contributed by atoms with Crippen LogP contribution in [-0.2, 0) is 0 Å². The maximum atomic E-state index is 2.52. The van der Waals surface area contributed by atoms with E-state index in [1.165, 1.54) is 68.1 Å². The van der Waals surface area contributed by atoms with E-state index in [4.69, 9.17) is 0 Å². The Labute approximate surface area is 184 Å². The maximum Gasteiger partial charge on any atom is 0.0201 e. The van der Waals surface area contributed by atoms with Crippen molar-refractivity contribution >= 4 is 22.2 Å². The maximum absolute atomic E-state index is 2.52. The number of hydrogen-bond donors (Lipinski definition) is 0. The lowest BCUT2D eigenvalue weighted by Gasteiger charge is -2.32. The van der Waals surface area contributed by atoms with Crippen molar-refractivity contribution < 1.29 is 0 Å². The molecule has 30 heavy (non-hydrogen) atoms. The Morgan fingerprint density at radius 1 is 0.900 bits per heavy atom. The summed E-state index contributed by atoms with van der Waals surface area (Å²) in [5.74, 6) is 0.673. The van der Waals surface area contributed by atoms with Crippen molar-refractivity contribution in [3.8, 4) is 0 Å². The molecule has 0 nitrogen and oxygen atoms in total. The largest absolute Gasteiger partial charge is 0.0888 e. The van der Waals surface area contributed by atoms with Crippen LogP contribution in [0.3, 0.4) is 0 Å². The quantitative estimate of drug-likeness (QED) is 0.490. The lowest BCUT2D eigenvalue weighted by molar-refractivity contribution is 0.564. The van der Waals surface area contributed by atoms with Gasteiger partial charge in [-0.1, -0.05) is 97.1 Å². The van der Waals surface area contributed by atoms with Gasteiger partial charge in [-0.05, 0) is 78.0 Å². The van der Waals surface area contributed by atoms with Crippen LogP contribution in [0.4, 0.5) is 0 Å². The summed E-state index contributed by atoms with van der Waals surface area (Å²) >= 11 is 1.98. The summed E-state index contributed by atoms with van der Waals surface area (Å²) in [6.45, 7) is 4.68. The van der Waals surface area contributed by atoms with E-state index in [1.807, 2.05) is 11.8 Å². The molecule has 0 radical (unpaired) electrons. The summed E-state index contributed by atoms with van der Waals surface area (Å²) in [6, 6.07) is 21.8. The highest BCUT2D eigenvalue weighted by atomic mass is 32.2. The molecule has 0 N–H and O–H groups in total. The van der Waals surface area contributed by atoms with Crippen molar-refractivity contribution in [2.24, 2.45) is 5.92 Å². The Kier molecular flexibility index (Phi) is 5.39. The van der Waals surface area contributed by atoms with Crippen LogP contribution in [0.15, 0.2) is 106 Å². The summed E-state index contributed by atoms with van der Waals surface area (Å²) in [7, 11) is 0. The fourth-order valence-corrected chi connectivity index (χ4v) is 6.05. The zero-order valence-corrected chi connectivity index (χ0v) is 18.6. The normalized spacial score (nSPS) is 22.9. The lowest BCUT2D eigenvalue weighted by atomic mass is 9.82. The van der Waals surface area contributed by atoms with E-state index in [0.717, 1.165) is 6.42 Å². The number of allylic oxidation sites excluding steroid dienone is 8. The molecule has 0 spiro atoms. The zero-order valence-electron chi connectivity index (χ0n) is 17.8. The predicted octanol–water partition coefficient (Wildman–Crippen LogP) is 8.58. The summed E-state index contributed by atoms with van der Waals surface area (Å²) in [5.41, 5.74) is 10.1. The van der Waals surface area contributed by atoms with Gasteiger partial charge in [0.2, 0.25) is 0 Å². The highest BCUT2D eigenvalue weighted by Gasteiger charge is 2.29. The molecule has 0 fully saturated rings. The van der Waals surface area contributed by atoms with E-state index in [1.54, 1.807) is 0 Å². The van der Waals surface area contributed by atoms with E-state index >= 15 is 0 Å². The molecular formula is C29H28S. The summed E-state index contributed by atoms with van der Waals surface area (Å²) in [4.78, 5) is 2.86. The molecule has 2 aliphatic carbocycles. The number of fused-ring (bicyclic) bond motifs is 1. The molecule has 150 valence electrons. The van der Waals surface area contributed by atoms with Gasteiger partial charge in [-0.25, -0.2) is 0 Å². The molecule has 3 aliphatic rings. The number of hydrogen-bond acceptors (Lipinski definition) is 1. The first-order valence-corrected chi connectivity index (χ1v) is 11.9. The summed E-state index contributed by atoms with van der Waals surface area (Å²) in [5, 5.41) is 0. The van der Waals surface area contributed by atoms with Crippen LogP contribution in [0, 0.1) is 5.92 Å². The average molecular weight is 409 g/mol. The number of thioether (sulfide) groups is 1. The molecule has 0 aromatic heterocycles. The number of rotatable bonds is 3. The minimum Gasteiger partial charge on any atom is -0.0888 e. The van der Waals surface area contributed by atoms with Crippen molar-refractivity contribution in [2.45, 2.75) is 39.5 Å². The number of benzene rings is 2. The fourth-order valence-electron chi connectivity index (χ4n) is 4.81. The molecule has 0 saturated heterocycles. The highest BCUT2D eigenvalue weighted by molar-refractivity contribution is 8.12. The summed E-state index contributed by atoms with van der Waals surface area (Å²) in [6.07, 6.45) is 12.0. The van der Waals surface area contributed by atoms with Crippen LogP contribution in [0.1, 0.15) is 50.7 Å². The molecule has 1 unspecified atom stereocenters. The third-order valence-electron chi connectivity index (χ3n) is 6.36. The van der Waals surface area contributed by atoms with Gasteiger partial charge in [0.05, 0.1) is 0 Å². The molecule has 1 heteroatoms. The van der Waals surface area contributed by atoms with Gasteiger partial charge < -0.3 is 0 Å². The van der Waals surface area contributed by atoms with Crippen LogP contribution in [0.25, 0.3) is 10.5 Å². The van der Waals surface area contributed by atoms with E-state index in [0.29, 0.717) is 5.92 Å². The molecule has 2 aromatic carbocycles. The molecule has 5 rings (SSSR count). The van der Waals surface area contributed by atoms with Gasteiger partial charge in [-0.2, -0.15) is 0 Å². The first kappa shape index (κ1) is 19.5. The van der Waals surface area contributed by atoms with Crippen LogP contribution in [0.5, 0.6) is 0 Å². The molecule has 0 bridgehead atoms. The van der Waals surface area contributed by atoms with Gasteiger partial charge in [0.15, 0.2) is 0 Å². The van der Waals surface area contributed by atoms with E-state index in [-0.39, 0.29) is 0 Å². The first-order valence-electron chi connectivity index (χ1n) is 11.0. The van der Waals surface area contributed by atoms with E-state index in [9.17, 15) is 0 Å². The van der Waals surface area contributed by atoms with Gasteiger partial charge in [-0.3, -0.25) is 0 Å². The predicted molar refractivity (Wildman–Crippen MR) is 132 cm³/mol. The Morgan fingerprint density at radius 2 is 1.60 bits per heavy atom. The molecular weight excluding hydrogens is 380 g/mol. The highest BCUT2D eigenvalue weighted by Crippen LogP contribution is 2.52. The van der Waals surface area contributed by atoms with Gasteiger partial charge in [-0.15, -0.1) is 0 Å². The zero-order chi connectivity index (χ0) is 20.5. The van der Waals surface area contributed by atoms with E-state index < -0.39 is 0 Å². The van der Waals surface area contributed by atoms with Crippen molar-refractivity contribution in [1.29, 1.82) is 0 Å². The van der Waals surface area contributed by atoms with Crippen molar-refractivity contribution in [2.75, 3.05) is 0 Å². The Bertz CT molecular complexity index is 1110. The van der Waals surface area contributed by atoms with Crippen LogP contribution < -0.4 is 0 Å². The molecule has 1 heterocycles. The Hall–Kier alpha value is -2.51. The minimum atomic E-state index is 0.673. The van der Waals surface area contributed by atoms with Crippen LogP contribution >= 0.6 is 11.8 Å². The molecule has 2 aromatic rings. The molecule has 1 atom stereocenters. The molecule has 0 amide bonds. The molecule has 0 saturated carbocycles.